The van der Waals surface area contributed by atoms with E-state index in [0.29, 0.717) is 22.5 Å². The van der Waals surface area contributed by atoms with Gasteiger partial charge in [0.1, 0.15) is 5.82 Å². The molecule has 28 heavy (non-hydrogen) atoms. The molecule has 3 heterocycles. The molecule has 1 aliphatic rings. The Balaban J connectivity index is 1.98. The fourth-order valence-corrected chi connectivity index (χ4v) is 3.69. The standard InChI is InChI=1S/C21H20F3N3O/c1-20(2)16-12(7-5-8-13(16)22)17(26-21(20,3)4)14-11-25-18-15(28-19(23)24)9-6-10-27(14)18/h5-11,19H,1-4H3. The number of ether oxygens (including phenoxy) is 1. The quantitative estimate of drug-likeness (QED) is 0.636. The maximum absolute atomic E-state index is 14.9. The Morgan fingerprint density at radius 2 is 1.82 bits per heavy atom. The van der Waals surface area contributed by atoms with Crippen molar-refractivity contribution in [2.24, 2.45) is 4.99 Å². The first-order chi connectivity index (χ1) is 13.1. The zero-order valence-corrected chi connectivity index (χ0v) is 16.0. The van der Waals surface area contributed by atoms with Crippen molar-refractivity contribution in [2.75, 3.05) is 0 Å². The van der Waals surface area contributed by atoms with Crippen LogP contribution in [0.3, 0.4) is 0 Å². The first-order valence-electron chi connectivity index (χ1n) is 8.94. The summed E-state index contributed by atoms with van der Waals surface area (Å²) >= 11 is 0. The van der Waals surface area contributed by atoms with Crippen LogP contribution in [0, 0.1) is 5.82 Å². The van der Waals surface area contributed by atoms with Crippen LogP contribution in [0.5, 0.6) is 5.75 Å². The maximum Gasteiger partial charge on any atom is 0.387 e. The minimum Gasteiger partial charge on any atom is -0.431 e. The van der Waals surface area contributed by atoms with Gasteiger partial charge in [0, 0.05) is 22.7 Å². The van der Waals surface area contributed by atoms with E-state index in [1.807, 2.05) is 33.8 Å². The van der Waals surface area contributed by atoms with Crippen LogP contribution in [-0.2, 0) is 5.41 Å². The highest BCUT2D eigenvalue weighted by molar-refractivity contribution is 6.14. The third kappa shape index (κ3) is 2.60. The molecule has 4 nitrogen and oxygen atoms in total. The number of hydrogen-bond donors (Lipinski definition) is 0. The van der Waals surface area contributed by atoms with E-state index in [2.05, 4.69) is 9.72 Å². The predicted molar refractivity (Wildman–Crippen MR) is 101 cm³/mol. The summed E-state index contributed by atoms with van der Waals surface area (Å²) in [4.78, 5) is 9.19. The summed E-state index contributed by atoms with van der Waals surface area (Å²) in [6.07, 6.45) is 3.25. The lowest BCUT2D eigenvalue weighted by Gasteiger charge is -2.44. The van der Waals surface area contributed by atoms with E-state index < -0.39 is 17.6 Å². The van der Waals surface area contributed by atoms with E-state index in [9.17, 15) is 13.2 Å². The summed E-state index contributed by atoms with van der Waals surface area (Å²) in [5.74, 6) is -0.322. The van der Waals surface area contributed by atoms with Crippen LogP contribution in [0.15, 0.2) is 47.7 Å². The largest absolute Gasteiger partial charge is 0.431 e. The molecule has 0 saturated carbocycles. The normalized spacial score (nSPS) is 17.5. The molecule has 146 valence electrons. The maximum atomic E-state index is 14.9. The summed E-state index contributed by atoms with van der Waals surface area (Å²) in [6.45, 7) is 4.90. The second-order valence-corrected chi connectivity index (χ2v) is 7.89. The summed E-state index contributed by atoms with van der Waals surface area (Å²) in [5, 5.41) is 0. The van der Waals surface area contributed by atoms with Crippen LogP contribution in [0.25, 0.3) is 5.65 Å². The Morgan fingerprint density at radius 3 is 2.54 bits per heavy atom. The fraction of sp³-hybridized carbons (Fsp3) is 0.333. The smallest absolute Gasteiger partial charge is 0.387 e. The third-order valence-corrected chi connectivity index (χ3v) is 5.77. The van der Waals surface area contributed by atoms with E-state index >= 15 is 0 Å². The van der Waals surface area contributed by atoms with Crippen LogP contribution in [0.4, 0.5) is 13.2 Å². The van der Waals surface area contributed by atoms with E-state index in [0.717, 1.165) is 0 Å². The highest BCUT2D eigenvalue weighted by atomic mass is 19.3. The van der Waals surface area contributed by atoms with Gasteiger partial charge in [-0.1, -0.05) is 26.0 Å². The molecule has 0 N–H and O–H groups in total. The Kier molecular flexibility index (Phi) is 4.03. The van der Waals surface area contributed by atoms with E-state index in [-0.39, 0.29) is 17.2 Å². The number of aromatic nitrogens is 2. The SMILES string of the molecule is CC1(C)N=C(c2cnc3c(OC(F)F)cccn23)c2cccc(F)c2C1(C)C. The Hall–Kier alpha value is -2.83. The number of rotatable bonds is 3. The van der Waals surface area contributed by atoms with Crippen molar-refractivity contribution in [2.45, 2.75) is 45.3 Å². The van der Waals surface area contributed by atoms with Crippen LogP contribution in [0.1, 0.15) is 44.5 Å². The first-order valence-corrected chi connectivity index (χ1v) is 8.94. The number of aliphatic imine (C=N–C) groups is 1. The van der Waals surface area contributed by atoms with Gasteiger partial charge < -0.3 is 4.74 Å². The van der Waals surface area contributed by atoms with E-state index in [1.165, 1.54) is 12.1 Å². The summed E-state index contributed by atoms with van der Waals surface area (Å²) in [7, 11) is 0. The van der Waals surface area contributed by atoms with Gasteiger partial charge in [-0.3, -0.25) is 9.39 Å². The minimum atomic E-state index is -2.95. The van der Waals surface area contributed by atoms with Gasteiger partial charge >= 0.3 is 6.61 Å². The summed E-state index contributed by atoms with van der Waals surface area (Å²) < 4.78 is 46.5. The molecule has 4 rings (SSSR count). The molecule has 0 spiro atoms. The van der Waals surface area contributed by atoms with Gasteiger partial charge in [-0.2, -0.15) is 8.78 Å². The minimum absolute atomic E-state index is 0.0285. The number of benzene rings is 1. The van der Waals surface area contributed by atoms with Crippen molar-refractivity contribution < 1.29 is 17.9 Å². The summed E-state index contributed by atoms with van der Waals surface area (Å²) in [5.41, 5.74) is 1.53. The lowest BCUT2D eigenvalue weighted by molar-refractivity contribution is -0.0491. The van der Waals surface area contributed by atoms with Gasteiger partial charge in [0.25, 0.3) is 0 Å². The van der Waals surface area contributed by atoms with Gasteiger partial charge in [0.2, 0.25) is 0 Å². The van der Waals surface area contributed by atoms with E-state index in [4.69, 9.17) is 4.99 Å². The molecular weight excluding hydrogens is 367 g/mol. The van der Waals surface area contributed by atoms with Gasteiger partial charge in [0.05, 0.1) is 23.1 Å². The molecule has 0 saturated heterocycles. The first kappa shape index (κ1) is 18.5. The fourth-order valence-electron chi connectivity index (χ4n) is 3.69. The molecule has 0 unspecified atom stereocenters. The van der Waals surface area contributed by atoms with Crippen LogP contribution < -0.4 is 4.74 Å². The number of pyridine rings is 1. The highest BCUT2D eigenvalue weighted by Gasteiger charge is 2.45. The van der Waals surface area contributed by atoms with Gasteiger partial charge in [-0.05, 0) is 32.0 Å². The molecule has 0 radical (unpaired) electrons. The Bertz CT molecular complexity index is 1100. The molecule has 7 heteroatoms. The number of nitrogens with zero attached hydrogens (tertiary/aromatic N) is 3. The number of alkyl halides is 2. The second kappa shape index (κ2) is 6.09. The van der Waals surface area contributed by atoms with Crippen molar-refractivity contribution in [1.82, 2.24) is 9.38 Å². The Labute approximate surface area is 160 Å². The van der Waals surface area contributed by atoms with Crippen LogP contribution >= 0.6 is 0 Å². The molecule has 2 aromatic heterocycles. The van der Waals surface area contributed by atoms with Crippen molar-refractivity contribution in [1.29, 1.82) is 0 Å². The Morgan fingerprint density at radius 1 is 1.07 bits per heavy atom. The third-order valence-electron chi connectivity index (χ3n) is 5.77. The highest BCUT2D eigenvalue weighted by Crippen LogP contribution is 2.45. The van der Waals surface area contributed by atoms with Crippen molar-refractivity contribution in [3.63, 3.8) is 0 Å². The average molecular weight is 387 g/mol. The molecule has 0 aliphatic carbocycles. The second-order valence-electron chi connectivity index (χ2n) is 7.89. The zero-order chi connectivity index (χ0) is 20.3. The lowest BCUT2D eigenvalue weighted by Crippen LogP contribution is -2.47. The van der Waals surface area contributed by atoms with Crippen molar-refractivity contribution in [3.05, 3.63) is 65.4 Å². The predicted octanol–water partition coefficient (Wildman–Crippen LogP) is 4.98. The molecule has 0 amide bonds. The topological polar surface area (TPSA) is 38.9 Å². The number of hydrogen-bond acceptors (Lipinski definition) is 3. The van der Waals surface area contributed by atoms with Crippen LogP contribution in [-0.4, -0.2) is 27.2 Å². The molecule has 0 bridgehead atoms. The zero-order valence-electron chi connectivity index (χ0n) is 16.0. The molecule has 1 aliphatic heterocycles. The number of imidazole rings is 1. The summed E-state index contributed by atoms with van der Waals surface area (Å²) in [6, 6.07) is 7.95. The molecule has 0 fully saturated rings. The number of halogens is 3. The van der Waals surface area contributed by atoms with Gasteiger partial charge in [-0.15, -0.1) is 0 Å². The van der Waals surface area contributed by atoms with Gasteiger partial charge in [-0.25, -0.2) is 9.37 Å². The van der Waals surface area contributed by atoms with Crippen molar-refractivity contribution in [3.8, 4) is 5.75 Å². The molecule has 3 aromatic rings. The van der Waals surface area contributed by atoms with Gasteiger partial charge in [0.15, 0.2) is 11.4 Å². The lowest BCUT2D eigenvalue weighted by atomic mass is 9.66. The molecule has 1 aromatic carbocycles. The van der Waals surface area contributed by atoms with Crippen LogP contribution in [0.2, 0.25) is 0 Å². The molecule has 0 atom stereocenters. The van der Waals surface area contributed by atoms with E-state index in [1.54, 1.807) is 28.9 Å². The molecular formula is C21H20F3N3O. The van der Waals surface area contributed by atoms with Crippen molar-refractivity contribution >= 4 is 11.4 Å². The monoisotopic (exact) mass is 387 g/mol. The average Bonchev–Trinajstić information content (AvgIpc) is 3.03. The number of fused-ring (bicyclic) bond motifs is 2.